The summed E-state index contributed by atoms with van der Waals surface area (Å²) >= 11 is 0. The van der Waals surface area contributed by atoms with Gasteiger partial charge in [0.05, 0.1) is 12.5 Å². The monoisotopic (exact) mass is 236 g/mol. The topological polar surface area (TPSA) is 26.3 Å². The predicted octanol–water partition coefficient (Wildman–Crippen LogP) is 3.04. The maximum absolute atomic E-state index is 14.2. The first-order chi connectivity index (χ1) is 8.23. The van der Waals surface area contributed by atoms with Crippen molar-refractivity contribution >= 4 is 6.29 Å². The lowest BCUT2D eigenvalue weighted by Crippen LogP contribution is -2.41. The van der Waals surface area contributed by atoms with E-state index >= 15 is 0 Å². The maximum Gasteiger partial charge on any atom is 0.133 e. The Kier molecular flexibility index (Phi) is 3.46. The van der Waals surface area contributed by atoms with Crippen molar-refractivity contribution in [1.29, 1.82) is 0 Å². The van der Waals surface area contributed by atoms with E-state index in [2.05, 4.69) is 0 Å². The highest BCUT2D eigenvalue weighted by Gasteiger charge is 2.42. The second-order valence-electron chi connectivity index (χ2n) is 4.60. The number of hydrogen-bond acceptors (Lipinski definition) is 2. The first kappa shape index (κ1) is 12.1. The van der Waals surface area contributed by atoms with Gasteiger partial charge in [-0.3, -0.25) is 0 Å². The average Bonchev–Trinajstić information content (AvgIpc) is 2.40. The molecular weight excluding hydrogens is 219 g/mol. The van der Waals surface area contributed by atoms with Gasteiger partial charge in [-0.15, -0.1) is 0 Å². The number of rotatable bonds is 3. The van der Waals surface area contributed by atoms with Gasteiger partial charge in [0, 0.05) is 0 Å². The quantitative estimate of drug-likeness (QED) is 0.754. The Morgan fingerprint density at radius 2 is 2.29 bits per heavy atom. The summed E-state index contributed by atoms with van der Waals surface area (Å²) in [6.45, 7) is 0. The highest BCUT2D eigenvalue weighted by Crippen LogP contribution is 2.40. The molecule has 1 aliphatic rings. The third-order valence-corrected chi connectivity index (χ3v) is 3.67. The zero-order valence-corrected chi connectivity index (χ0v) is 9.99. The van der Waals surface area contributed by atoms with Crippen LogP contribution >= 0.6 is 0 Å². The fourth-order valence-corrected chi connectivity index (χ4v) is 2.59. The SMILES string of the molecule is COc1cccc([C@@]2(C=O)CCCC[C@@H]2F)c1. The van der Waals surface area contributed by atoms with Gasteiger partial charge in [-0.1, -0.05) is 25.0 Å². The Balaban J connectivity index is 2.42. The number of aldehydes is 1. The van der Waals surface area contributed by atoms with E-state index in [1.165, 1.54) is 0 Å². The summed E-state index contributed by atoms with van der Waals surface area (Å²) in [7, 11) is 1.57. The first-order valence-corrected chi connectivity index (χ1v) is 5.98. The van der Waals surface area contributed by atoms with Crippen molar-refractivity contribution in [3.05, 3.63) is 29.8 Å². The minimum Gasteiger partial charge on any atom is -0.497 e. The van der Waals surface area contributed by atoms with Gasteiger partial charge in [-0.05, 0) is 30.5 Å². The van der Waals surface area contributed by atoms with Crippen LogP contribution in [0.2, 0.25) is 0 Å². The van der Waals surface area contributed by atoms with Crippen molar-refractivity contribution in [3.63, 3.8) is 0 Å². The van der Waals surface area contributed by atoms with E-state index in [9.17, 15) is 9.18 Å². The molecule has 0 aliphatic heterocycles. The third kappa shape index (κ3) is 2.06. The van der Waals surface area contributed by atoms with Crippen molar-refractivity contribution in [2.45, 2.75) is 37.3 Å². The van der Waals surface area contributed by atoms with Crippen LogP contribution in [0.1, 0.15) is 31.2 Å². The Bertz CT molecular complexity index is 405. The van der Waals surface area contributed by atoms with Crippen LogP contribution < -0.4 is 4.74 Å². The highest BCUT2D eigenvalue weighted by molar-refractivity contribution is 5.70. The molecule has 0 heterocycles. The van der Waals surface area contributed by atoms with Crippen molar-refractivity contribution < 1.29 is 13.9 Å². The van der Waals surface area contributed by atoms with Crippen LogP contribution in [0.15, 0.2) is 24.3 Å². The van der Waals surface area contributed by atoms with Crippen LogP contribution in [-0.2, 0) is 10.2 Å². The highest BCUT2D eigenvalue weighted by atomic mass is 19.1. The number of carbonyl (C=O) groups is 1. The van der Waals surface area contributed by atoms with Gasteiger partial charge in [0.25, 0.3) is 0 Å². The Labute approximate surface area is 101 Å². The number of methoxy groups -OCH3 is 1. The molecule has 0 unspecified atom stereocenters. The molecule has 1 aliphatic carbocycles. The van der Waals surface area contributed by atoms with E-state index in [4.69, 9.17) is 4.74 Å². The van der Waals surface area contributed by atoms with E-state index in [-0.39, 0.29) is 0 Å². The number of alkyl halides is 1. The van der Waals surface area contributed by atoms with Crippen LogP contribution in [0.3, 0.4) is 0 Å². The van der Waals surface area contributed by atoms with Crippen LogP contribution in [0.4, 0.5) is 4.39 Å². The molecule has 2 rings (SSSR count). The molecule has 17 heavy (non-hydrogen) atoms. The molecule has 1 aromatic carbocycles. The van der Waals surface area contributed by atoms with E-state index in [1.54, 1.807) is 25.3 Å². The predicted molar refractivity (Wildman–Crippen MR) is 64.1 cm³/mol. The molecule has 1 aromatic rings. The molecule has 0 amide bonds. The Morgan fingerprint density at radius 3 is 2.94 bits per heavy atom. The number of ether oxygens (including phenoxy) is 1. The number of hydrogen-bond donors (Lipinski definition) is 0. The van der Waals surface area contributed by atoms with Crippen molar-refractivity contribution in [1.82, 2.24) is 0 Å². The van der Waals surface area contributed by atoms with Gasteiger partial charge in [0.15, 0.2) is 0 Å². The molecule has 0 bridgehead atoms. The fourth-order valence-electron chi connectivity index (χ4n) is 2.59. The second-order valence-corrected chi connectivity index (χ2v) is 4.60. The fraction of sp³-hybridized carbons (Fsp3) is 0.500. The standard InChI is InChI=1S/C14H17FO2/c1-17-12-6-4-5-11(9-12)14(10-16)8-3-2-7-13(14)15/h4-6,9-10,13H,2-3,7-8H2,1H3/t13-,14-/m0/s1. The van der Waals surface area contributed by atoms with Crippen molar-refractivity contribution in [2.24, 2.45) is 0 Å². The summed E-state index contributed by atoms with van der Waals surface area (Å²) in [6.07, 6.45) is 2.52. The van der Waals surface area contributed by atoms with E-state index < -0.39 is 11.6 Å². The zero-order chi connectivity index (χ0) is 12.3. The summed E-state index contributed by atoms with van der Waals surface area (Å²) in [5.41, 5.74) is -0.230. The summed E-state index contributed by atoms with van der Waals surface area (Å²) in [6, 6.07) is 7.19. The van der Waals surface area contributed by atoms with Crippen LogP contribution in [0.5, 0.6) is 5.75 Å². The first-order valence-electron chi connectivity index (χ1n) is 5.98. The van der Waals surface area contributed by atoms with E-state index in [1.807, 2.05) is 6.07 Å². The number of benzene rings is 1. The van der Waals surface area contributed by atoms with Crippen LogP contribution in [0.25, 0.3) is 0 Å². The van der Waals surface area contributed by atoms with E-state index in [0.717, 1.165) is 24.7 Å². The molecule has 0 aromatic heterocycles. The average molecular weight is 236 g/mol. The molecular formula is C14H17FO2. The molecule has 0 N–H and O–H groups in total. The second kappa shape index (κ2) is 4.86. The minimum absolute atomic E-state index is 0.468. The van der Waals surface area contributed by atoms with Gasteiger partial charge in [0.1, 0.15) is 18.2 Å². The summed E-state index contributed by atoms with van der Waals surface area (Å²) < 4.78 is 19.3. The van der Waals surface area contributed by atoms with E-state index in [0.29, 0.717) is 18.6 Å². The van der Waals surface area contributed by atoms with Gasteiger partial charge >= 0.3 is 0 Å². The smallest absolute Gasteiger partial charge is 0.133 e. The molecule has 2 atom stereocenters. The van der Waals surface area contributed by atoms with Crippen molar-refractivity contribution in [2.75, 3.05) is 7.11 Å². The molecule has 2 nitrogen and oxygen atoms in total. The number of halogens is 1. The largest absolute Gasteiger partial charge is 0.497 e. The van der Waals surface area contributed by atoms with Gasteiger partial charge in [0.2, 0.25) is 0 Å². The molecule has 3 heteroatoms. The third-order valence-electron chi connectivity index (χ3n) is 3.67. The van der Waals surface area contributed by atoms with Gasteiger partial charge in [-0.2, -0.15) is 0 Å². The summed E-state index contributed by atoms with van der Waals surface area (Å²) in [5, 5.41) is 0. The molecule has 0 spiro atoms. The minimum atomic E-state index is -1.08. The molecule has 0 radical (unpaired) electrons. The van der Waals surface area contributed by atoms with Gasteiger partial charge in [-0.25, -0.2) is 4.39 Å². The number of carbonyl (C=O) groups excluding carboxylic acids is 1. The van der Waals surface area contributed by atoms with Crippen LogP contribution in [0, 0.1) is 0 Å². The Hall–Kier alpha value is -1.38. The normalized spacial score (nSPS) is 28.7. The lowest BCUT2D eigenvalue weighted by Gasteiger charge is -2.35. The lowest BCUT2D eigenvalue weighted by atomic mass is 9.69. The zero-order valence-electron chi connectivity index (χ0n) is 9.99. The maximum atomic E-state index is 14.2. The lowest BCUT2D eigenvalue weighted by molar-refractivity contribution is -0.116. The molecule has 1 fully saturated rings. The van der Waals surface area contributed by atoms with Crippen molar-refractivity contribution in [3.8, 4) is 5.75 Å². The summed E-state index contributed by atoms with van der Waals surface area (Å²) in [5.74, 6) is 0.668. The van der Waals surface area contributed by atoms with Gasteiger partial charge < -0.3 is 9.53 Å². The molecule has 0 saturated heterocycles. The summed E-state index contributed by atoms with van der Waals surface area (Å²) in [4.78, 5) is 11.4. The molecule has 92 valence electrons. The Morgan fingerprint density at radius 1 is 1.47 bits per heavy atom. The molecule has 1 saturated carbocycles. The van der Waals surface area contributed by atoms with Crippen LogP contribution in [-0.4, -0.2) is 19.6 Å².